The third-order valence-electron chi connectivity index (χ3n) is 4.17. The first-order valence-electron chi connectivity index (χ1n) is 6.59. The number of rotatable bonds is 2. The molecule has 2 aliphatic rings. The van der Waals surface area contributed by atoms with E-state index in [2.05, 4.69) is 15.1 Å². The molecule has 2 atom stereocenters. The van der Waals surface area contributed by atoms with E-state index in [-0.39, 0.29) is 5.69 Å². The van der Waals surface area contributed by atoms with Crippen LogP contribution in [0.3, 0.4) is 0 Å². The van der Waals surface area contributed by atoms with Crippen molar-refractivity contribution in [3.63, 3.8) is 0 Å². The third-order valence-corrected chi connectivity index (χ3v) is 4.17. The van der Waals surface area contributed by atoms with Crippen LogP contribution < -0.4 is 4.90 Å². The van der Waals surface area contributed by atoms with Crippen molar-refractivity contribution in [2.45, 2.75) is 38.1 Å². The van der Waals surface area contributed by atoms with Crippen molar-refractivity contribution in [1.82, 2.24) is 10.2 Å². The molecule has 1 N–H and O–H groups in total. The number of hydrogen-bond acceptors (Lipinski definition) is 4. The Hall–Kier alpha value is -1.65. The summed E-state index contributed by atoms with van der Waals surface area (Å²) in [6.45, 7) is 1.02. The number of carbonyl (C=O) groups is 1. The van der Waals surface area contributed by atoms with Gasteiger partial charge in [-0.05, 0) is 37.3 Å². The summed E-state index contributed by atoms with van der Waals surface area (Å²) in [6.07, 6.45) is 6.42. The molecule has 0 amide bonds. The minimum absolute atomic E-state index is 0.0122. The smallest absolute Gasteiger partial charge is 0.356 e. The van der Waals surface area contributed by atoms with E-state index in [1.165, 1.54) is 32.1 Å². The highest BCUT2D eigenvalue weighted by Crippen LogP contribution is 2.37. The Balaban J connectivity index is 1.80. The fraction of sp³-hybridized carbons (Fsp3) is 0.615. The molecule has 5 nitrogen and oxygen atoms in total. The molecule has 1 aliphatic heterocycles. The quantitative estimate of drug-likeness (QED) is 0.865. The SMILES string of the molecule is O=C(O)c1ccc(N2CCC3CCCCC32)nn1. The summed E-state index contributed by atoms with van der Waals surface area (Å²) in [6, 6.07) is 3.91. The molecular formula is C13H17N3O2. The van der Waals surface area contributed by atoms with E-state index in [1.807, 2.05) is 0 Å². The van der Waals surface area contributed by atoms with Gasteiger partial charge in [-0.1, -0.05) is 12.8 Å². The zero-order chi connectivity index (χ0) is 12.5. The van der Waals surface area contributed by atoms with Gasteiger partial charge in [-0.2, -0.15) is 0 Å². The maximum atomic E-state index is 10.7. The molecule has 1 saturated heterocycles. The van der Waals surface area contributed by atoms with E-state index >= 15 is 0 Å². The highest BCUT2D eigenvalue weighted by molar-refractivity contribution is 5.85. The number of carboxylic acids is 1. The number of hydrogen-bond donors (Lipinski definition) is 1. The summed E-state index contributed by atoms with van der Waals surface area (Å²) >= 11 is 0. The van der Waals surface area contributed by atoms with Crippen LogP contribution in [-0.4, -0.2) is 33.9 Å². The largest absolute Gasteiger partial charge is 0.476 e. The van der Waals surface area contributed by atoms with Crippen molar-refractivity contribution in [3.8, 4) is 0 Å². The van der Waals surface area contributed by atoms with Crippen LogP contribution in [-0.2, 0) is 0 Å². The summed E-state index contributed by atoms with van der Waals surface area (Å²) < 4.78 is 0. The van der Waals surface area contributed by atoms with Crippen LogP contribution in [0.25, 0.3) is 0 Å². The van der Waals surface area contributed by atoms with Crippen molar-refractivity contribution in [1.29, 1.82) is 0 Å². The maximum Gasteiger partial charge on any atom is 0.356 e. The number of carboxylic acid groups (broad SMARTS) is 1. The van der Waals surface area contributed by atoms with Gasteiger partial charge >= 0.3 is 5.97 Å². The van der Waals surface area contributed by atoms with Crippen LogP contribution in [0.15, 0.2) is 12.1 Å². The predicted octanol–water partition coefficient (Wildman–Crippen LogP) is 1.94. The summed E-state index contributed by atoms with van der Waals surface area (Å²) in [7, 11) is 0. The summed E-state index contributed by atoms with van der Waals surface area (Å²) in [4.78, 5) is 13.1. The standard InChI is InChI=1S/C13H17N3O2/c17-13(18)10-5-6-12(15-14-10)16-8-7-9-3-1-2-4-11(9)16/h5-6,9,11H,1-4,7-8H2,(H,17,18). The Morgan fingerprint density at radius 3 is 2.78 bits per heavy atom. The van der Waals surface area contributed by atoms with Gasteiger partial charge in [0.2, 0.25) is 0 Å². The Labute approximate surface area is 106 Å². The van der Waals surface area contributed by atoms with Gasteiger partial charge in [0.1, 0.15) is 0 Å². The van der Waals surface area contributed by atoms with Crippen LogP contribution >= 0.6 is 0 Å². The first-order chi connectivity index (χ1) is 8.75. The number of aromatic nitrogens is 2. The van der Waals surface area contributed by atoms with Crippen molar-refractivity contribution in [2.24, 2.45) is 5.92 Å². The first-order valence-corrected chi connectivity index (χ1v) is 6.59. The van der Waals surface area contributed by atoms with Gasteiger partial charge in [0, 0.05) is 12.6 Å². The lowest BCUT2D eigenvalue weighted by atomic mass is 9.85. The van der Waals surface area contributed by atoms with Crippen molar-refractivity contribution in [2.75, 3.05) is 11.4 Å². The lowest BCUT2D eigenvalue weighted by Crippen LogP contribution is -2.35. The molecule has 2 unspecified atom stereocenters. The fourth-order valence-electron chi connectivity index (χ4n) is 3.28. The van der Waals surface area contributed by atoms with Gasteiger partial charge in [-0.15, -0.1) is 10.2 Å². The molecule has 96 valence electrons. The van der Waals surface area contributed by atoms with Crippen LogP contribution in [0.2, 0.25) is 0 Å². The second-order valence-electron chi connectivity index (χ2n) is 5.18. The molecule has 2 fully saturated rings. The first kappa shape index (κ1) is 11.4. The Bertz CT molecular complexity index is 446. The third kappa shape index (κ3) is 1.94. The Morgan fingerprint density at radius 1 is 1.22 bits per heavy atom. The van der Waals surface area contributed by atoms with Gasteiger partial charge in [-0.3, -0.25) is 0 Å². The van der Waals surface area contributed by atoms with Crippen LogP contribution in [0.5, 0.6) is 0 Å². The maximum absolute atomic E-state index is 10.7. The fourth-order valence-corrected chi connectivity index (χ4v) is 3.28. The van der Waals surface area contributed by atoms with Gasteiger partial charge in [-0.25, -0.2) is 4.79 Å². The minimum Gasteiger partial charge on any atom is -0.476 e. The molecule has 0 aromatic carbocycles. The lowest BCUT2D eigenvalue weighted by Gasteiger charge is -2.32. The average molecular weight is 247 g/mol. The van der Waals surface area contributed by atoms with E-state index in [1.54, 1.807) is 12.1 Å². The topological polar surface area (TPSA) is 66.3 Å². The van der Waals surface area contributed by atoms with Gasteiger partial charge in [0.05, 0.1) is 0 Å². The van der Waals surface area contributed by atoms with Gasteiger partial charge in [0.25, 0.3) is 0 Å². The zero-order valence-corrected chi connectivity index (χ0v) is 10.2. The second kappa shape index (κ2) is 4.55. The summed E-state index contributed by atoms with van der Waals surface area (Å²) in [5, 5.41) is 16.6. The molecule has 1 saturated carbocycles. The molecule has 0 radical (unpaired) electrons. The number of fused-ring (bicyclic) bond motifs is 1. The minimum atomic E-state index is -1.02. The van der Waals surface area contributed by atoms with Crippen LogP contribution in [0.4, 0.5) is 5.82 Å². The molecule has 1 aliphatic carbocycles. The number of aromatic carboxylic acids is 1. The van der Waals surface area contributed by atoms with Crippen molar-refractivity contribution in [3.05, 3.63) is 17.8 Å². The second-order valence-corrected chi connectivity index (χ2v) is 5.18. The zero-order valence-electron chi connectivity index (χ0n) is 10.2. The summed E-state index contributed by atoms with van der Waals surface area (Å²) in [5.41, 5.74) is 0.0122. The highest BCUT2D eigenvalue weighted by Gasteiger charge is 2.36. The Kier molecular flexibility index (Phi) is 2.89. The van der Waals surface area contributed by atoms with E-state index < -0.39 is 5.97 Å². The monoisotopic (exact) mass is 247 g/mol. The molecule has 2 heterocycles. The van der Waals surface area contributed by atoms with E-state index in [0.29, 0.717) is 6.04 Å². The van der Waals surface area contributed by atoms with Gasteiger partial charge in [0.15, 0.2) is 11.5 Å². The van der Waals surface area contributed by atoms with E-state index in [4.69, 9.17) is 5.11 Å². The highest BCUT2D eigenvalue weighted by atomic mass is 16.4. The van der Waals surface area contributed by atoms with E-state index in [0.717, 1.165) is 18.3 Å². The molecule has 0 spiro atoms. The number of anilines is 1. The number of nitrogens with zero attached hydrogens (tertiary/aromatic N) is 3. The normalized spacial score (nSPS) is 27.0. The van der Waals surface area contributed by atoms with Crippen LogP contribution in [0, 0.1) is 5.92 Å². The predicted molar refractivity (Wildman–Crippen MR) is 66.7 cm³/mol. The molecular weight excluding hydrogens is 230 g/mol. The molecule has 18 heavy (non-hydrogen) atoms. The van der Waals surface area contributed by atoms with E-state index in [9.17, 15) is 4.79 Å². The molecule has 1 aromatic heterocycles. The molecule has 0 bridgehead atoms. The van der Waals surface area contributed by atoms with Crippen molar-refractivity contribution < 1.29 is 9.90 Å². The lowest BCUT2D eigenvalue weighted by molar-refractivity contribution is 0.0689. The molecule has 1 aromatic rings. The molecule has 5 heteroatoms. The van der Waals surface area contributed by atoms with Gasteiger partial charge < -0.3 is 10.0 Å². The average Bonchev–Trinajstić information content (AvgIpc) is 2.82. The Morgan fingerprint density at radius 2 is 2.06 bits per heavy atom. The summed E-state index contributed by atoms with van der Waals surface area (Å²) in [5.74, 6) is 0.597. The van der Waals surface area contributed by atoms with Crippen molar-refractivity contribution >= 4 is 11.8 Å². The van der Waals surface area contributed by atoms with Crippen LogP contribution in [0.1, 0.15) is 42.6 Å². The molecule has 3 rings (SSSR count).